The van der Waals surface area contributed by atoms with E-state index in [1.807, 2.05) is 6.92 Å². The van der Waals surface area contributed by atoms with E-state index in [0.29, 0.717) is 18.7 Å². The van der Waals surface area contributed by atoms with Gasteiger partial charge in [-0.2, -0.15) is 5.26 Å². The molecule has 0 bridgehead atoms. The Morgan fingerprint density at radius 1 is 1.23 bits per heavy atom. The highest BCUT2D eigenvalue weighted by Crippen LogP contribution is 2.29. The Bertz CT molecular complexity index is 1440. The molecule has 1 fully saturated rings. The van der Waals surface area contributed by atoms with Crippen molar-refractivity contribution in [2.45, 2.75) is 57.0 Å². The van der Waals surface area contributed by atoms with E-state index in [9.17, 15) is 17.6 Å². The molecular weight excluding hydrogens is 521 g/mol. The molecule has 39 heavy (non-hydrogen) atoms. The minimum absolute atomic E-state index is 0.0114. The van der Waals surface area contributed by atoms with Crippen LogP contribution >= 0.6 is 0 Å². The number of nitrogens with zero attached hydrogens (tertiary/aromatic N) is 4. The van der Waals surface area contributed by atoms with Gasteiger partial charge in [0.25, 0.3) is 10.0 Å². The summed E-state index contributed by atoms with van der Waals surface area (Å²) in [5.41, 5.74) is 1.87. The van der Waals surface area contributed by atoms with E-state index >= 15 is 0 Å². The fraction of sp³-hybridized carbons (Fsp3) is 0.393. The van der Waals surface area contributed by atoms with Gasteiger partial charge in [0.1, 0.15) is 11.5 Å². The van der Waals surface area contributed by atoms with Crippen molar-refractivity contribution in [1.29, 1.82) is 5.26 Å². The van der Waals surface area contributed by atoms with Crippen molar-refractivity contribution in [2.24, 2.45) is 0 Å². The second-order valence-corrected chi connectivity index (χ2v) is 11.7. The highest BCUT2D eigenvalue weighted by Gasteiger charge is 2.34. The number of rotatable bonds is 9. The van der Waals surface area contributed by atoms with Gasteiger partial charge in [-0.05, 0) is 69.5 Å². The van der Waals surface area contributed by atoms with E-state index in [2.05, 4.69) is 21.4 Å². The number of nitrogens with one attached hydrogen (secondary N) is 1. The lowest BCUT2D eigenvalue weighted by Crippen LogP contribution is -2.51. The molecule has 2 heterocycles. The van der Waals surface area contributed by atoms with Gasteiger partial charge in [-0.25, -0.2) is 12.8 Å². The molecule has 0 radical (unpaired) electrons. The van der Waals surface area contributed by atoms with Gasteiger partial charge in [-0.3, -0.25) is 14.0 Å². The number of aryl methyl sites for hydroxylation is 2. The van der Waals surface area contributed by atoms with Crippen LogP contribution < -0.4 is 9.62 Å². The summed E-state index contributed by atoms with van der Waals surface area (Å²) in [4.78, 5) is 14.7. The molecule has 0 spiro atoms. The molecule has 9 nitrogen and oxygen atoms in total. The van der Waals surface area contributed by atoms with Crippen LogP contribution in [-0.4, -0.2) is 56.1 Å². The number of likely N-dealkylation sites (tertiary alicyclic amines) is 1. The molecule has 11 heteroatoms. The number of nitriles is 1. The van der Waals surface area contributed by atoms with Crippen molar-refractivity contribution in [3.63, 3.8) is 0 Å². The van der Waals surface area contributed by atoms with Crippen molar-refractivity contribution >= 4 is 21.6 Å². The first-order valence-corrected chi connectivity index (χ1v) is 14.3. The summed E-state index contributed by atoms with van der Waals surface area (Å²) in [5, 5.41) is 15.8. The van der Waals surface area contributed by atoms with Gasteiger partial charge < -0.3 is 9.84 Å². The molecule has 1 amide bonds. The van der Waals surface area contributed by atoms with Crippen molar-refractivity contribution in [2.75, 3.05) is 23.9 Å². The number of hydrogen-bond donors (Lipinski definition) is 1. The fourth-order valence-corrected chi connectivity index (χ4v) is 6.76. The summed E-state index contributed by atoms with van der Waals surface area (Å²) >= 11 is 0. The molecule has 1 aromatic heterocycles. The zero-order valence-corrected chi connectivity index (χ0v) is 23.0. The van der Waals surface area contributed by atoms with Crippen molar-refractivity contribution < 1.29 is 22.1 Å². The number of carbonyl (C=O) groups is 1. The van der Waals surface area contributed by atoms with Crippen LogP contribution in [0.4, 0.5) is 10.1 Å². The smallest absolute Gasteiger partial charge is 0.269 e. The average Bonchev–Trinajstić information content (AvgIpc) is 3.26. The van der Waals surface area contributed by atoms with E-state index in [1.165, 1.54) is 22.5 Å². The predicted octanol–water partition coefficient (Wildman–Crippen LogP) is 3.71. The van der Waals surface area contributed by atoms with Crippen LogP contribution in [0.15, 0.2) is 57.9 Å². The quantitative estimate of drug-likeness (QED) is 0.429. The van der Waals surface area contributed by atoms with Gasteiger partial charge in [-0.15, -0.1) is 0 Å². The number of benzene rings is 2. The molecule has 1 atom stereocenters. The van der Waals surface area contributed by atoms with Crippen LogP contribution in [0.25, 0.3) is 0 Å². The molecular formula is C28H32FN5O4S. The van der Waals surface area contributed by atoms with Gasteiger partial charge in [0, 0.05) is 31.7 Å². The standard InChI is InChI=1S/C28H32FN5O4S/c1-19(33-13-11-25(12-14-33)31-27(35)15-22-7-9-23(17-30)10-8-22)18-34(26-6-4-5-24(29)16-26)39(36,37)28-20(2)32-38-21(28)3/h4-10,16,19,25H,11-15,18H2,1-3H3,(H,31,35)/t19-/m0/s1. The lowest BCUT2D eigenvalue weighted by molar-refractivity contribution is -0.121. The Labute approximate surface area is 228 Å². The summed E-state index contributed by atoms with van der Waals surface area (Å²) in [7, 11) is -4.07. The van der Waals surface area contributed by atoms with E-state index in [-0.39, 0.29) is 53.0 Å². The van der Waals surface area contributed by atoms with E-state index in [4.69, 9.17) is 9.78 Å². The van der Waals surface area contributed by atoms with E-state index < -0.39 is 15.8 Å². The lowest BCUT2D eigenvalue weighted by Gasteiger charge is -2.38. The van der Waals surface area contributed by atoms with Crippen LogP contribution in [0.5, 0.6) is 0 Å². The summed E-state index contributed by atoms with van der Waals surface area (Å²) in [6.45, 7) is 6.50. The van der Waals surface area contributed by atoms with E-state index in [0.717, 1.165) is 18.4 Å². The van der Waals surface area contributed by atoms with Crippen molar-refractivity contribution in [3.8, 4) is 6.07 Å². The van der Waals surface area contributed by atoms with Gasteiger partial charge in [0.2, 0.25) is 5.91 Å². The Kier molecular flexibility index (Phi) is 8.67. The van der Waals surface area contributed by atoms with Gasteiger partial charge in [-0.1, -0.05) is 23.4 Å². The third kappa shape index (κ3) is 6.64. The molecule has 3 aromatic rings. The normalized spacial score (nSPS) is 15.5. The Morgan fingerprint density at radius 2 is 1.92 bits per heavy atom. The molecule has 1 aliphatic rings. The maximum absolute atomic E-state index is 14.1. The zero-order valence-electron chi connectivity index (χ0n) is 22.2. The van der Waals surface area contributed by atoms with Crippen LogP contribution in [0.2, 0.25) is 0 Å². The summed E-state index contributed by atoms with van der Waals surface area (Å²) in [6, 6.07) is 14.4. The number of carbonyl (C=O) groups excluding carboxylic acids is 1. The highest BCUT2D eigenvalue weighted by atomic mass is 32.2. The molecule has 1 aliphatic heterocycles. The summed E-state index contributed by atoms with van der Waals surface area (Å²) in [6.07, 6.45) is 1.69. The molecule has 1 N–H and O–H groups in total. The minimum atomic E-state index is -4.07. The number of amides is 1. The zero-order chi connectivity index (χ0) is 28.2. The molecule has 206 valence electrons. The Balaban J connectivity index is 1.40. The number of anilines is 1. The number of halogens is 1. The highest BCUT2D eigenvalue weighted by molar-refractivity contribution is 7.93. The largest absolute Gasteiger partial charge is 0.360 e. The summed E-state index contributed by atoms with van der Waals surface area (Å²) < 4.78 is 47.9. The van der Waals surface area contributed by atoms with Crippen LogP contribution in [0, 0.1) is 31.0 Å². The van der Waals surface area contributed by atoms with Gasteiger partial charge >= 0.3 is 0 Å². The molecule has 4 rings (SSSR count). The van der Waals surface area contributed by atoms with Crippen LogP contribution in [-0.2, 0) is 21.2 Å². The maximum Gasteiger partial charge on any atom is 0.269 e. The van der Waals surface area contributed by atoms with Crippen molar-refractivity contribution in [3.05, 3.63) is 76.9 Å². The molecule has 0 saturated carbocycles. The SMILES string of the molecule is Cc1noc(C)c1S(=O)(=O)N(C[C@H](C)N1CCC(NC(=O)Cc2ccc(C#N)cc2)CC1)c1cccc(F)c1. The maximum atomic E-state index is 14.1. The first-order valence-electron chi connectivity index (χ1n) is 12.8. The number of hydrogen-bond acceptors (Lipinski definition) is 7. The Hall–Kier alpha value is -3.75. The first kappa shape index (κ1) is 28.3. The number of sulfonamides is 1. The first-order chi connectivity index (χ1) is 18.6. The van der Waals surface area contributed by atoms with Crippen molar-refractivity contribution in [1.82, 2.24) is 15.4 Å². The average molecular weight is 554 g/mol. The Morgan fingerprint density at radius 3 is 2.51 bits per heavy atom. The fourth-order valence-electron chi connectivity index (χ4n) is 4.93. The summed E-state index contributed by atoms with van der Waals surface area (Å²) in [5.74, 6) is -0.426. The molecule has 0 aliphatic carbocycles. The molecule has 2 aromatic carbocycles. The predicted molar refractivity (Wildman–Crippen MR) is 144 cm³/mol. The second kappa shape index (κ2) is 12.0. The van der Waals surface area contributed by atoms with Crippen LogP contribution in [0.1, 0.15) is 42.3 Å². The van der Waals surface area contributed by atoms with E-state index in [1.54, 1.807) is 44.2 Å². The van der Waals surface area contributed by atoms with Crippen LogP contribution in [0.3, 0.4) is 0 Å². The second-order valence-electron chi connectivity index (χ2n) is 9.88. The number of aromatic nitrogens is 1. The third-order valence-corrected chi connectivity index (χ3v) is 9.05. The topological polar surface area (TPSA) is 120 Å². The third-order valence-electron chi connectivity index (χ3n) is 7.01. The van der Waals surface area contributed by atoms with Gasteiger partial charge in [0.05, 0.1) is 23.7 Å². The van der Waals surface area contributed by atoms with Gasteiger partial charge in [0.15, 0.2) is 10.7 Å². The monoisotopic (exact) mass is 553 g/mol. The minimum Gasteiger partial charge on any atom is -0.360 e. The lowest BCUT2D eigenvalue weighted by atomic mass is 10.0. The number of piperidine rings is 1. The molecule has 1 saturated heterocycles. The molecule has 0 unspecified atom stereocenters.